The molecule has 1 aliphatic carbocycles. The van der Waals surface area contributed by atoms with E-state index in [0.29, 0.717) is 6.04 Å². The monoisotopic (exact) mass is 245 g/mol. The summed E-state index contributed by atoms with van der Waals surface area (Å²) in [6.07, 6.45) is 10.6. The lowest BCUT2D eigenvalue weighted by molar-refractivity contribution is 0.376. The lowest BCUT2D eigenvalue weighted by Crippen LogP contribution is -2.38. The van der Waals surface area contributed by atoms with Crippen molar-refractivity contribution in [2.24, 2.45) is 5.92 Å². The summed E-state index contributed by atoms with van der Waals surface area (Å²) in [7, 11) is 0. The largest absolute Gasteiger partial charge is 0.381 e. The molecule has 18 heavy (non-hydrogen) atoms. The van der Waals surface area contributed by atoms with Crippen molar-refractivity contribution < 1.29 is 0 Å². The summed E-state index contributed by atoms with van der Waals surface area (Å²) in [5.41, 5.74) is 2.42. The van der Waals surface area contributed by atoms with E-state index in [1.165, 1.54) is 49.9 Å². The fraction of sp³-hybridized carbons (Fsp3) is 0.667. The highest BCUT2D eigenvalue weighted by molar-refractivity contribution is 5.43. The van der Waals surface area contributed by atoms with Crippen LogP contribution in [0.15, 0.2) is 18.5 Å². The van der Waals surface area contributed by atoms with Gasteiger partial charge in [-0.05, 0) is 56.7 Å². The summed E-state index contributed by atoms with van der Waals surface area (Å²) in [5, 5.41) is 7.38. The summed E-state index contributed by atoms with van der Waals surface area (Å²) in [6, 6.07) is 3.57. The van der Waals surface area contributed by atoms with Crippen LogP contribution in [0.3, 0.4) is 0 Å². The summed E-state index contributed by atoms with van der Waals surface area (Å²) in [5.74, 6) is 0.799. The number of nitrogens with zero attached hydrogens (tertiary/aromatic N) is 1. The lowest BCUT2D eigenvalue weighted by Gasteiger charge is -2.27. The van der Waals surface area contributed by atoms with E-state index in [4.69, 9.17) is 0 Å². The molecule has 2 N–H and O–H groups in total. The molecular weight excluding hydrogens is 222 g/mol. The zero-order valence-electron chi connectivity index (χ0n) is 11.2. The predicted molar refractivity (Wildman–Crippen MR) is 74.8 cm³/mol. The molecule has 3 heteroatoms. The van der Waals surface area contributed by atoms with Gasteiger partial charge < -0.3 is 10.6 Å². The smallest absolute Gasteiger partial charge is 0.0531 e. The molecule has 0 aromatic carbocycles. The van der Waals surface area contributed by atoms with Gasteiger partial charge in [0.1, 0.15) is 0 Å². The maximum atomic E-state index is 4.27. The quantitative estimate of drug-likeness (QED) is 0.859. The van der Waals surface area contributed by atoms with Gasteiger partial charge in [0, 0.05) is 24.5 Å². The average molecular weight is 245 g/mol. The van der Waals surface area contributed by atoms with Crippen LogP contribution in [0, 0.1) is 12.8 Å². The van der Waals surface area contributed by atoms with Gasteiger partial charge in [0.05, 0.1) is 5.69 Å². The maximum absolute atomic E-state index is 4.27. The molecule has 1 aromatic heterocycles. The standard InChI is InChI=1S/C15H23N3/c1-11-8-12(10-16-9-11)18-15-5-2-4-13(15)14-6-3-7-17-14/h8-10,13-15,17-18H,2-7H2,1H3. The molecule has 98 valence electrons. The van der Waals surface area contributed by atoms with Gasteiger partial charge in [-0.25, -0.2) is 0 Å². The second-order valence-corrected chi connectivity index (χ2v) is 5.80. The van der Waals surface area contributed by atoms with Crippen molar-refractivity contribution in [1.82, 2.24) is 10.3 Å². The van der Waals surface area contributed by atoms with Crippen LogP contribution in [-0.2, 0) is 0 Å². The number of aromatic nitrogens is 1. The molecule has 0 bridgehead atoms. The first-order valence-electron chi connectivity index (χ1n) is 7.24. The van der Waals surface area contributed by atoms with Crippen molar-refractivity contribution in [2.45, 2.75) is 51.1 Å². The van der Waals surface area contributed by atoms with Crippen LogP contribution < -0.4 is 10.6 Å². The summed E-state index contributed by atoms with van der Waals surface area (Å²) < 4.78 is 0. The van der Waals surface area contributed by atoms with Crippen LogP contribution >= 0.6 is 0 Å². The SMILES string of the molecule is Cc1cncc(NC2CCCC2C2CCCN2)c1. The molecule has 1 aromatic rings. The molecule has 0 amide bonds. The Hall–Kier alpha value is -1.09. The fourth-order valence-corrected chi connectivity index (χ4v) is 3.57. The third-order valence-corrected chi connectivity index (χ3v) is 4.41. The Balaban J connectivity index is 1.67. The van der Waals surface area contributed by atoms with Gasteiger partial charge in [0.2, 0.25) is 0 Å². The molecule has 1 saturated carbocycles. The Morgan fingerprint density at radius 2 is 2.17 bits per heavy atom. The first kappa shape index (κ1) is 12.0. The Kier molecular flexibility index (Phi) is 3.50. The second kappa shape index (κ2) is 5.27. The Morgan fingerprint density at radius 3 is 2.94 bits per heavy atom. The molecule has 0 spiro atoms. The van der Waals surface area contributed by atoms with Crippen molar-refractivity contribution in [3.05, 3.63) is 24.0 Å². The molecule has 0 radical (unpaired) electrons. The van der Waals surface area contributed by atoms with Crippen LogP contribution in [-0.4, -0.2) is 23.6 Å². The van der Waals surface area contributed by atoms with Crippen molar-refractivity contribution in [3.63, 3.8) is 0 Å². The van der Waals surface area contributed by atoms with Gasteiger partial charge in [0.15, 0.2) is 0 Å². The number of aryl methyl sites for hydroxylation is 1. The highest BCUT2D eigenvalue weighted by Crippen LogP contribution is 2.33. The third-order valence-electron chi connectivity index (χ3n) is 4.41. The fourth-order valence-electron chi connectivity index (χ4n) is 3.57. The maximum Gasteiger partial charge on any atom is 0.0531 e. The van der Waals surface area contributed by atoms with Crippen molar-refractivity contribution in [3.8, 4) is 0 Å². The first-order valence-corrected chi connectivity index (χ1v) is 7.24. The number of nitrogens with one attached hydrogen (secondary N) is 2. The number of pyridine rings is 1. The molecule has 1 aliphatic heterocycles. The molecule has 3 rings (SSSR count). The van der Waals surface area contributed by atoms with Gasteiger partial charge in [0.25, 0.3) is 0 Å². The normalized spacial score (nSPS) is 31.7. The molecule has 3 nitrogen and oxygen atoms in total. The Labute approximate surface area is 109 Å². The van der Waals surface area contributed by atoms with Gasteiger partial charge in [-0.15, -0.1) is 0 Å². The van der Waals surface area contributed by atoms with E-state index in [0.717, 1.165) is 12.0 Å². The highest BCUT2D eigenvalue weighted by Gasteiger charge is 2.34. The predicted octanol–water partition coefficient (Wildman–Crippen LogP) is 2.72. The first-order chi connectivity index (χ1) is 8.83. The van der Waals surface area contributed by atoms with Crippen LogP contribution in [0.4, 0.5) is 5.69 Å². The van der Waals surface area contributed by atoms with Crippen LogP contribution in [0.25, 0.3) is 0 Å². The molecule has 2 aliphatic rings. The van der Waals surface area contributed by atoms with Crippen LogP contribution in [0.1, 0.15) is 37.7 Å². The molecule has 1 saturated heterocycles. The second-order valence-electron chi connectivity index (χ2n) is 5.80. The minimum Gasteiger partial charge on any atom is -0.381 e. The van der Waals surface area contributed by atoms with Gasteiger partial charge >= 0.3 is 0 Å². The molecule has 3 unspecified atom stereocenters. The minimum absolute atomic E-state index is 0.629. The Bertz CT molecular complexity index is 398. The third kappa shape index (κ3) is 2.51. The van der Waals surface area contributed by atoms with Gasteiger partial charge in [-0.3, -0.25) is 4.98 Å². The Morgan fingerprint density at radius 1 is 1.22 bits per heavy atom. The van der Waals surface area contributed by atoms with Crippen LogP contribution in [0.2, 0.25) is 0 Å². The van der Waals surface area contributed by atoms with E-state index >= 15 is 0 Å². The van der Waals surface area contributed by atoms with E-state index in [2.05, 4.69) is 28.6 Å². The number of hydrogen-bond donors (Lipinski definition) is 2. The van der Waals surface area contributed by atoms with Crippen molar-refractivity contribution >= 4 is 5.69 Å². The number of hydrogen-bond acceptors (Lipinski definition) is 3. The van der Waals surface area contributed by atoms with Crippen molar-refractivity contribution in [1.29, 1.82) is 0 Å². The zero-order chi connectivity index (χ0) is 12.4. The topological polar surface area (TPSA) is 37.0 Å². The highest BCUT2D eigenvalue weighted by atomic mass is 15.0. The molecular formula is C15H23N3. The van der Waals surface area contributed by atoms with Gasteiger partial charge in [-0.2, -0.15) is 0 Å². The van der Waals surface area contributed by atoms with Crippen LogP contribution in [0.5, 0.6) is 0 Å². The summed E-state index contributed by atoms with van der Waals surface area (Å²) in [6.45, 7) is 3.31. The average Bonchev–Trinajstić information content (AvgIpc) is 2.98. The zero-order valence-corrected chi connectivity index (χ0v) is 11.2. The lowest BCUT2D eigenvalue weighted by atomic mass is 9.93. The number of rotatable bonds is 3. The molecule has 2 heterocycles. The molecule has 2 fully saturated rings. The van der Waals surface area contributed by atoms with E-state index in [1.807, 2.05) is 12.4 Å². The van der Waals surface area contributed by atoms with E-state index in [-0.39, 0.29) is 0 Å². The van der Waals surface area contributed by atoms with Gasteiger partial charge in [-0.1, -0.05) is 6.42 Å². The van der Waals surface area contributed by atoms with E-state index in [1.54, 1.807) is 0 Å². The minimum atomic E-state index is 0.629. The van der Waals surface area contributed by atoms with E-state index < -0.39 is 0 Å². The van der Waals surface area contributed by atoms with Crippen molar-refractivity contribution in [2.75, 3.05) is 11.9 Å². The van der Waals surface area contributed by atoms with E-state index in [9.17, 15) is 0 Å². The molecule has 3 atom stereocenters. The summed E-state index contributed by atoms with van der Waals surface area (Å²) in [4.78, 5) is 4.27. The number of anilines is 1. The summed E-state index contributed by atoms with van der Waals surface area (Å²) >= 11 is 0.